The van der Waals surface area contributed by atoms with E-state index in [0.29, 0.717) is 36.5 Å². The standard InChI is InChI=1S/C26H25ClN4O3/c27-20-5-4-18-12-19(15-28-23(18)13-20)26(34)29-14-17-11-25(33)31(16-17)22-8-6-21(7-9-22)30-10-2-1-3-24(30)32/h4-9,12-13,15,17H,1-3,10-11,14,16H2,(H,29,34). The molecule has 0 saturated carbocycles. The quantitative estimate of drug-likeness (QED) is 0.598. The highest BCUT2D eigenvalue weighted by Crippen LogP contribution is 2.28. The highest BCUT2D eigenvalue weighted by Gasteiger charge is 2.31. The van der Waals surface area contributed by atoms with Crippen molar-refractivity contribution in [2.24, 2.45) is 5.92 Å². The molecule has 1 unspecified atom stereocenters. The monoisotopic (exact) mass is 476 g/mol. The Morgan fingerprint density at radius 2 is 1.76 bits per heavy atom. The summed E-state index contributed by atoms with van der Waals surface area (Å²) >= 11 is 5.99. The first-order valence-electron chi connectivity index (χ1n) is 11.5. The number of pyridine rings is 1. The summed E-state index contributed by atoms with van der Waals surface area (Å²) in [5, 5.41) is 4.38. The lowest BCUT2D eigenvalue weighted by Crippen LogP contribution is -2.35. The van der Waals surface area contributed by atoms with E-state index in [1.54, 1.807) is 23.1 Å². The number of rotatable bonds is 5. The zero-order valence-electron chi connectivity index (χ0n) is 18.7. The van der Waals surface area contributed by atoms with Gasteiger partial charge in [-0.25, -0.2) is 0 Å². The van der Waals surface area contributed by atoms with Crippen LogP contribution in [0, 0.1) is 5.92 Å². The number of amides is 3. The molecule has 2 aliphatic rings. The fraction of sp³-hybridized carbons (Fsp3) is 0.308. The number of nitrogens with zero attached hydrogens (tertiary/aromatic N) is 3. The molecule has 174 valence electrons. The Bertz CT molecular complexity index is 1260. The number of aromatic nitrogens is 1. The maximum absolute atomic E-state index is 12.7. The molecule has 0 spiro atoms. The van der Waals surface area contributed by atoms with Crippen LogP contribution in [-0.2, 0) is 9.59 Å². The lowest BCUT2D eigenvalue weighted by molar-refractivity contribution is -0.119. The van der Waals surface area contributed by atoms with Crippen LogP contribution in [-0.4, -0.2) is 42.3 Å². The smallest absolute Gasteiger partial charge is 0.252 e. The minimum Gasteiger partial charge on any atom is -0.352 e. The number of fused-ring (bicyclic) bond motifs is 1. The first-order chi connectivity index (χ1) is 16.5. The average Bonchev–Trinajstić information content (AvgIpc) is 3.23. The number of piperidine rings is 1. The van der Waals surface area contributed by atoms with Gasteiger partial charge in [0.1, 0.15) is 0 Å². The number of halogens is 1. The second-order valence-corrected chi connectivity index (χ2v) is 9.30. The van der Waals surface area contributed by atoms with Crippen LogP contribution in [0.1, 0.15) is 36.0 Å². The van der Waals surface area contributed by atoms with Crippen LogP contribution in [0.4, 0.5) is 11.4 Å². The molecule has 1 aromatic heterocycles. The molecular formula is C26H25ClN4O3. The van der Waals surface area contributed by atoms with Gasteiger partial charge in [0.2, 0.25) is 11.8 Å². The van der Waals surface area contributed by atoms with Crippen molar-refractivity contribution in [3.05, 3.63) is 65.3 Å². The lowest BCUT2D eigenvalue weighted by atomic mass is 10.1. The van der Waals surface area contributed by atoms with Crippen molar-refractivity contribution in [1.29, 1.82) is 0 Å². The van der Waals surface area contributed by atoms with Crippen molar-refractivity contribution >= 4 is 51.6 Å². The molecule has 2 aliphatic heterocycles. The van der Waals surface area contributed by atoms with E-state index in [1.165, 1.54) is 6.20 Å². The zero-order valence-corrected chi connectivity index (χ0v) is 19.4. The summed E-state index contributed by atoms with van der Waals surface area (Å²) in [5.41, 5.74) is 2.88. The number of hydrogen-bond donors (Lipinski definition) is 1. The Balaban J connectivity index is 1.19. The van der Waals surface area contributed by atoms with Crippen molar-refractivity contribution in [1.82, 2.24) is 10.3 Å². The summed E-state index contributed by atoms with van der Waals surface area (Å²) in [5.74, 6) is -0.0133. The molecule has 3 heterocycles. The number of hydrogen-bond acceptors (Lipinski definition) is 4. The summed E-state index contributed by atoms with van der Waals surface area (Å²) in [4.78, 5) is 45.3. The second kappa shape index (κ2) is 9.43. The van der Waals surface area contributed by atoms with Gasteiger partial charge in [-0.3, -0.25) is 19.4 Å². The molecule has 7 nitrogen and oxygen atoms in total. The van der Waals surface area contributed by atoms with Gasteiger partial charge in [-0.05, 0) is 55.3 Å². The van der Waals surface area contributed by atoms with Crippen LogP contribution in [0.3, 0.4) is 0 Å². The minimum atomic E-state index is -0.217. The van der Waals surface area contributed by atoms with Crippen LogP contribution < -0.4 is 15.1 Å². The maximum Gasteiger partial charge on any atom is 0.252 e. The number of carbonyl (C=O) groups is 3. The van der Waals surface area contributed by atoms with Crippen LogP contribution in [0.25, 0.3) is 10.9 Å². The van der Waals surface area contributed by atoms with Gasteiger partial charge in [0.25, 0.3) is 5.91 Å². The zero-order chi connectivity index (χ0) is 23.7. The first-order valence-corrected chi connectivity index (χ1v) is 11.9. The molecule has 34 heavy (non-hydrogen) atoms. The van der Waals surface area contributed by atoms with Gasteiger partial charge in [0.05, 0.1) is 11.1 Å². The fourth-order valence-electron chi connectivity index (χ4n) is 4.62. The highest BCUT2D eigenvalue weighted by atomic mass is 35.5. The average molecular weight is 477 g/mol. The minimum absolute atomic E-state index is 0.0204. The molecule has 1 N–H and O–H groups in total. The predicted octanol–water partition coefficient (Wildman–Crippen LogP) is 4.19. The van der Waals surface area contributed by atoms with E-state index < -0.39 is 0 Å². The Labute approximate surface area is 202 Å². The van der Waals surface area contributed by atoms with E-state index in [4.69, 9.17) is 11.6 Å². The predicted molar refractivity (Wildman–Crippen MR) is 132 cm³/mol. The largest absolute Gasteiger partial charge is 0.352 e. The van der Waals surface area contributed by atoms with Gasteiger partial charge in [-0.2, -0.15) is 0 Å². The third-order valence-corrected chi connectivity index (χ3v) is 6.70. The topological polar surface area (TPSA) is 82.6 Å². The maximum atomic E-state index is 12.7. The highest BCUT2D eigenvalue weighted by molar-refractivity contribution is 6.31. The number of carbonyl (C=O) groups excluding carboxylic acids is 3. The molecule has 2 fully saturated rings. The van der Waals surface area contributed by atoms with Crippen molar-refractivity contribution in [3.63, 3.8) is 0 Å². The molecule has 2 aromatic carbocycles. The Hall–Kier alpha value is -3.45. The fourth-order valence-corrected chi connectivity index (χ4v) is 4.78. The molecule has 3 aromatic rings. The van der Waals surface area contributed by atoms with E-state index >= 15 is 0 Å². The van der Waals surface area contributed by atoms with Crippen molar-refractivity contribution in [2.45, 2.75) is 25.7 Å². The summed E-state index contributed by atoms with van der Waals surface area (Å²) in [6.45, 7) is 1.68. The van der Waals surface area contributed by atoms with E-state index in [2.05, 4.69) is 10.3 Å². The summed E-state index contributed by atoms with van der Waals surface area (Å²) in [6, 6.07) is 14.7. The first kappa shape index (κ1) is 22.3. The molecular weight excluding hydrogens is 452 g/mol. The summed E-state index contributed by atoms with van der Waals surface area (Å²) in [7, 11) is 0. The van der Waals surface area contributed by atoms with Crippen molar-refractivity contribution < 1.29 is 14.4 Å². The SMILES string of the molecule is O=C(NCC1CC(=O)N(c2ccc(N3CCCCC3=O)cc2)C1)c1cnc2cc(Cl)ccc2c1. The van der Waals surface area contributed by atoms with Crippen LogP contribution >= 0.6 is 11.6 Å². The molecule has 0 bridgehead atoms. The number of nitrogens with one attached hydrogen (secondary N) is 1. The van der Waals surface area contributed by atoms with Gasteiger partial charge in [0, 0.05) is 66.4 Å². The molecule has 0 aliphatic carbocycles. The Morgan fingerprint density at radius 1 is 1.00 bits per heavy atom. The Kier molecular flexibility index (Phi) is 6.20. The molecule has 1 atom stereocenters. The third-order valence-electron chi connectivity index (χ3n) is 6.46. The summed E-state index contributed by atoms with van der Waals surface area (Å²) < 4.78 is 0. The lowest BCUT2D eigenvalue weighted by Gasteiger charge is -2.27. The van der Waals surface area contributed by atoms with Crippen LogP contribution in [0.15, 0.2) is 54.7 Å². The van der Waals surface area contributed by atoms with E-state index in [9.17, 15) is 14.4 Å². The van der Waals surface area contributed by atoms with Gasteiger partial charge in [0.15, 0.2) is 0 Å². The van der Waals surface area contributed by atoms with Gasteiger partial charge < -0.3 is 15.1 Å². The van der Waals surface area contributed by atoms with Gasteiger partial charge in [-0.1, -0.05) is 17.7 Å². The number of benzene rings is 2. The molecule has 0 radical (unpaired) electrons. The van der Waals surface area contributed by atoms with E-state index in [0.717, 1.165) is 41.7 Å². The van der Waals surface area contributed by atoms with Gasteiger partial charge in [-0.15, -0.1) is 0 Å². The van der Waals surface area contributed by atoms with Crippen LogP contribution in [0.5, 0.6) is 0 Å². The van der Waals surface area contributed by atoms with E-state index in [-0.39, 0.29) is 23.6 Å². The molecule has 8 heteroatoms. The molecule has 2 saturated heterocycles. The van der Waals surface area contributed by atoms with Crippen LogP contribution in [0.2, 0.25) is 5.02 Å². The van der Waals surface area contributed by atoms with Crippen molar-refractivity contribution in [3.8, 4) is 0 Å². The van der Waals surface area contributed by atoms with E-state index in [1.807, 2.05) is 35.2 Å². The normalized spacial score (nSPS) is 18.6. The second-order valence-electron chi connectivity index (χ2n) is 8.86. The third kappa shape index (κ3) is 4.61. The summed E-state index contributed by atoms with van der Waals surface area (Å²) in [6.07, 6.45) is 4.45. The molecule has 3 amide bonds. The van der Waals surface area contributed by atoms with Crippen molar-refractivity contribution in [2.75, 3.05) is 29.4 Å². The number of anilines is 2. The van der Waals surface area contributed by atoms with Gasteiger partial charge >= 0.3 is 0 Å². The molecule has 5 rings (SSSR count). The Morgan fingerprint density at radius 3 is 2.53 bits per heavy atom.